The van der Waals surface area contributed by atoms with Gasteiger partial charge in [-0.25, -0.2) is 4.98 Å². The minimum Gasteiger partial charge on any atom is -0.325 e. The molecule has 0 aliphatic rings. The minimum atomic E-state index is 0.00587. The lowest BCUT2D eigenvalue weighted by atomic mass is 10.1. The third-order valence-electron chi connectivity index (χ3n) is 3.52. The Labute approximate surface area is 144 Å². The lowest BCUT2D eigenvalue weighted by molar-refractivity contribution is -0.113. The number of benzene rings is 2. The number of carbonyl (C=O) groups is 1. The third-order valence-corrected chi connectivity index (χ3v) is 5.68. The molecule has 1 N–H and O–H groups in total. The highest BCUT2D eigenvalue weighted by molar-refractivity contribution is 8.01. The van der Waals surface area contributed by atoms with Crippen molar-refractivity contribution in [3.8, 4) is 0 Å². The average molecular weight is 342 g/mol. The molecule has 0 fully saturated rings. The van der Waals surface area contributed by atoms with Crippen LogP contribution in [0.25, 0.3) is 10.2 Å². The molecule has 0 saturated heterocycles. The van der Waals surface area contributed by atoms with Crippen LogP contribution in [0.2, 0.25) is 0 Å². The molecule has 3 aromatic rings. The topological polar surface area (TPSA) is 42.0 Å². The van der Waals surface area contributed by atoms with Gasteiger partial charge in [0.15, 0.2) is 4.34 Å². The van der Waals surface area contributed by atoms with Crippen LogP contribution in [0.15, 0.2) is 46.8 Å². The van der Waals surface area contributed by atoms with Gasteiger partial charge in [-0.15, -0.1) is 11.3 Å². The van der Waals surface area contributed by atoms with E-state index < -0.39 is 0 Å². The second-order valence-electron chi connectivity index (χ2n) is 5.30. The Morgan fingerprint density at radius 3 is 2.91 bits per heavy atom. The Kier molecular flexibility index (Phi) is 4.98. The predicted octanol–water partition coefficient (Wildman–Crippen LogP) is 4.90. The molecule has 0 bridgehead atoms. The zero-order chi connectivity index (χ0) is 16.2. The van der Waals surface area contributed by atoms with E-state index in [1.807, 2.05) is 30.3 Å². The first kappa shape index (κ1) is 16.0. The van der Waals surface area contributed by atoms with Crippen LogP contribution in [0, 0.1) is 6.92 Å². The van der Waals surface area contributed by atoms with Crippen molar-refractivity contribution >= 4 is 44.9 Å². The number of para-hydroxylation sites is 1. The summed E-state index contributed by atoms with van der Waals surface area (Å²) in [5.74, 6) is 0.378. The molecule has 3 rings (SSSR count). The molecule has 23 heavy (non-hydrogen) atoms. The lowest BCUT2D eigenvalue weighted by Gasteiger charge is -2.08. The Bertz CT molecular complexity index is 842. The van der Waals surface area contributed by atoms with Gasteiger partial charge in [-0.1, -0.05) is 43.0 Å². The Morgan fingerprint density at radius 2 is 2.09 bits per heavy atom. The highest BCUT2D eigenvalue weighted by Crippen LogP contribution is 2.30. The summed E-state index contributed by atoms with van der Waals surface area (Å²) in [6.07, 6.45) is 0.904. The summed E-state index contributed by atoms with van der Waals surface area (Å²) in [6, 6.07) is 14.1. The average Bonchev–Trinajstić information content (AvgIpc) is 2.95. The molecular formula is C18H18N2OS2. The van der Waals surface area contributed by atoms with Crippen molar-refractivity contribution in [3.63, 3.8) is 0 Å². The van der Waals surface area contributed by atoms with E-state index >= 15 is 0 Å². The number of fused-ring (bicyclic) bond motifs is 1. The van der Waals surface area contributed by atoms with Crippen LogP contribution in [-0.2, 0) is 11.2 Å². The van der Waals surface area contributed by atoms with Crippen molar-refractivity contribution in [2.45, 2.75) is 24.6 Å². The molecule has 1 heterocycles. The molecule has 1 amide bonds. The molecule has 0 aliphatic carbocycles. The Balaban J connectivity index is 1.63. The van der Waals surface area contributed by atoms with Gasteiger partial charge < -0.3 is 5.32 Å². The van der Waals surface area contributed by atoms with Crippen LogP contribution < -0.4 is 5.32 Å². The molecule has 0 spiro atoms. The fraction of sp³-hybridized carbons (Fsp3) is 0.222. The second kappa shape index (κ2) is 7.15. The monoisotopic (exact) mass is 342 g/mol. The number of aromatic nitrogens is 1. The van der Waals surface area contributed by atoms with Gasteiger partial charge in [-0.3, -0.25) is 4.79 Å². The van der Waals surface area contributed by atoms with Gasteiger partial charge in [0, 0.05) is 5.69 Å². The van der Waals surface area contributed by atoms with Crippen LogP contribution in [0.5, 0.6) is 0 Å². The number of hydrogen-bond acceptors (Lipinski definition) is 4. The quantitative estimate of drug-likeness (QED) is 0.671. The van der Waals surface area contributed by atoms with Crippen molar-refractivity contribution in [1.29, 1.82) is 0 Å². The number of aryl methyl sites for hydroxylation is 2. The van der Waals surface area contributed by atoms with E-state index in [0.717, 1.165) is 27.5 Å². The molecule has 0 unspecified atom stereocenters. The summed E-state index contributed by atoms with van der Waals surface area (Å²) >= 11 is 3.13. The minimum absolute atomic E-state index is 0.00587. The zero-order valence-corrected chi connectivity index (χ0v) is 14.8. The van der Waals surface area contributed by atoms with E-state index in [1.165, 1.54) is 22.0 Å². The largest absolute Gasteiger partial charge is 0.325 e. The molecule has 3 nitrogen and oxygen atoms in total. The lowest BCUT2D eigenvalue weighted by Crippen LogP contribution is -2.15. The molecule has 0 radical (unpaired) electrons. The Morgan fingerprint density at radius 1 is 1.26 bits per heavy atom. The fourth-order valence-corrected chi connectivity index (χ4v) is 4.30. The first-order valence-corrected chi connectivity index (χ1v) is 9.33. The molecule has 0 aliphatic heterocycles. The number of amides is 1. The van der Waals surface area contributed by atoms with E-state index in [4.69, 9.17) is 0 Å². The van der Waals surface area contributed by atoms with Gasteiger partial charge in [-0.2, -0.15) is 0 Å². The van der Waals surface area contributed by atoms with Gasteiger partial charge in [0.1, 0.15) is 0 Å². The molecule has 0 atom stereocenters. The normalized spacial score (nSPS) is 10.9. The Hall–Kier alpha value is -1.85. The van der Waals surface area contributed by atoms with Gasteiger partial charge >= 0.3 is 0 Å². The van der Waals surface area contributed by atoms with Crippen molar-refractivity contribution in [1.82, 2.24) is 4.98 Å². The zero-order valence-electron chi connectivity index (χ0n) is 13.1. The summed E-state index contributed by atoms with van der Waals surface area (Å²) in [5.41, 5.74) is 4.29. The smallest absolute Gasteiger partial charge is 0.234 e. The molecule has 0 saturated carbocycles. The first-order valence-electron chi connectivity index (χ1n) is 7.53. The predicted molar refractivity (Wildman–Crippen MR) is 99.5 cm³/mol. The number of carbonyl (C=O) groups excluding carboxylic acids is 1. The van der Waals surface area contributed by atoms with Crippen LogP contribution in [0.4, 0.5) is 5.69 Å². The third kappa shape index (κ3) is 3.92. The van der Waals surface area contributed by atoms with Crippen LogP contribution >= 0.6 is 23.1 Å². The first-order chi connectivity index (χ1) is 11.2. The summed E-state index contributed by atoms with van der Waals surface area (Å²) in [5, 5.41) is 2.99. The number of hydrogen-bond donors (Lipinski definition) is 1. The van der Waals surface area contributed by atoms with Crippen LogP contribution in [0.3, 0.4) is 0 Å². The SMILES string of the molecule is CCc1ccccc1NC(=O)CSc1nc2ccc(C)cc2s1. The number of rotatable bonds is 5. The maximum absolute atomic E-state index is 12.2. The maximum Gasteiger partial charge on any atom is 0.234 e. The summed E-state index contributed by atoms with van der Waals surface area (Å²) in [4.78, 5) is 16.7. The van der Waals surface area contributed by atoms with Crippen LogP contribution in [-0.4, -0.2) is 16.6 Å². The van der Waals surface area contributed by atoms with E-state index in [-0.39, 0.29) is 5.91 Å². The van der Waals surface area contributed by atoms with Crippen molar-refractivity contribution in [3.05, 3.63) is 53.6 Å². The highest BCUT2D eigenvalue weighted by Gasteiger charge is 2.09. The van der Waals surface area contributed by atoms with Crippen LogP contribution in [0.1, 0.15) is 18.1 Å². The molecule has 5 heteroatoms. The molecular weight excluding hydrogens is 324 g/mol. The number of nitrogens with zero attached hydrogens (tertiary/aromatic N) is 1. The van der Waals surface area contributed by atoms with E-state index in [2.05, 4.69) is 36.3 Å². The summed E-state index contributed by atoms with van der Waals surface area (Å²) in [7, 11) is 0. The molecule has 1 aromatic heterocycles. The second-order valence-corrected chi connectivity index (χ2v) is 7.55. The number of thiazole rings is 1. The maximum atomic E-state index is 12.2. The number of anilines is 1. The van der Waals surface area contributed by atoms with Gasteiger partial charge in [0.2, 0.25) is 5.91 Å². The fourth-order valence-electron chi connectivity index (χ4n) is 2.34. The van der Waals surface area contributed by atoms with Gasteiger partial charge in [0.25, 0.3) is 0 Å². The van der Waals surface area contributed by atoms with E-state index in [1.54, 1.807) is 11.3 Å². The van der Waals surface area contributed by atoms with Crippen molar-refractivity contribution < 1.29 is 4.79 Å². The molecule has 2 aromatic carbocycles. The van der Waals surface area contributed by atoms with Crippen molar-refractivity contribution in [2.75, 3.05) is 11.1 Å². The summed E-state index contributed by atoms with van der Waals surface area (Å²) < 4.78 is 2.11. The summed E-state index contributed by atoms with van der Waals surface area (Å²) in [6.45, 7) is 4.16. The molecule has 118 valence electrons. The van der Waals surface area contributed by atoms with E-state index in [9.17, 15) is 4.79 Å². The van der Waals surface area contributed by atoms with Crippen molar-refractivity contribution in [2.24, 2.45) is 0 Å². The van der Waals surface area contributed by atoms with Gasteiger partial charge in [0.05, 0.1) is 16.0 Å². The number of thioether (sulfide) groups is 1. The van der Waals surface area contributed by atoms with E-state index in [0.29, 0.717) is 5.75 Å². The number of nitrogens with one attached hydrogen (secondary N) is 1. The highest BCUT2D eigenvalue weighted by atomic mass is 32.2. The standard InChI is InChI=1S/C18H18N2OS2/c1-3-13-6-4-5-7-14(13)19-17(21)11-22-18-20-15-9-8-12(2)10-16(15)23-18/h4-10H,3,11H2,1-2H3,(H,19,21). The van der Waals surface area contributed by atoms with Gasteiger partial charge in [-0.05, 0) is 42.7 Å².